The minimum Gasteiger partial charge on any atom is -0.496 e. The van der Waals surface area contributed by atoms with Gasteiger partial charge in [0.2, 0.25) is 0 Å². The zero-order valence-electron chi connectivity index (χ0n) is 17.8. The van der Waals surface area contributed by atoms with Crippen LogP contribution in [0.2, 0.25) is 0 Å². The third-order valence-electron chi connectivity index (χ3n) is 5.04. The first kappa shape index (κ1) is 21.2. The number of hydrogen-bond donors (Lipinski definition) is 0. The van der Waals surface area contributed by atoms with E-state index in [0.29, 0.717) is 34.6 Å². The van der Waals surface area contributed by atoms with E-state index in [4.69, 9.17) is 18.6 Å². The summed E-state index contributed by atoms with van der Waals surface area (Å²) in [6, 6.07) is 15.5. The van der Waals surface area contributed by atoms with E-state index < -0.39 is 5.97 Å². The number of rotatable bonds is 6. The molecule has 0 aliphatic rings. The van der Waals surface area contributed by atoms with Crippen molar-refractivity contribution in [2.45, 2.75) is 33.5 Å². The summed E-state index contributed by atoms with van der Waals surface area (Å²) in [5, 5.41) is 2.83. The molecular formula is C25H23BrO5. The normalized spacial score (nSPS) is 11.3. The van der Waals surface area contributed by atoms with Crippen molar-refractivity contribution in [1.29, 1.82) is 0 Å². The van der Waals surface area contributed by atoms with Crippen LogP contribution in [0.15, 0.2) is 57.4 Å². The van der Waals surface area contributed by atoms with Crippen molar-refractivity contribution in [1.82, 2.24) is 0 Å². The lowest BCUT2D eigenvalue weighted by Crippen LogP contribution is -2.12. The van der Waals surface area contributed by atoms with E-state index >= 15 is 0 Å². The SMILES string of the molecule is COc1ccc2cc(Br)ccc2c1COc1ccc2oc(C)c(C(=O)OC(C)C)c2c1. The second-order valence-electron chi connectivity index (χ2n) is 7.55. The quantitative estimate of drug-likeness (QED) is 0.282. The molecule has 0 fully saturated rings. The number of carbonyl (C=O) groups is 1. The third kappa shape index (κ3) is 4.26. The molecule has 0 saturated carbocycles. The predicted molar refractivity (Wildman–Crippen MR) is 124 cm³/mol. The van der Waals surface area contributed by atoms with Gasteiger partial charge in [0, 0.05) is 15.4 Å². The van der Waals surface area contributed by atoms with Gasteiger partial charge in [-0.25, -0.2) is 4.79 Å². The Morgan fingerprint density at radius 2 is 1.87 bits per heavy atom. The van der Waals surface area contributed by atoms with E-state index in [0.717, 1.165) is 26.6 Å². The second-order valence-corrected chi connectivity index (χ2v) is 8.46. The first-order valence-corrected chi connectivity index (χ1v) is 10.8. The smallest absolute Gasteiger partial charge is 0.342 e. The average Bonchev–Trinajstić information content (AvgIpc) is 3.06. The van der Waals surface area contributed by atoms with Gasteiger partial charge in [0.05, 0.1) is 13.2 Å². The van der Waals surface area contributed by atoms with Crippen molar-refractivity contribution in [2.75, 3.05) is 7.11 Å². The number of furan rings is 1. The second kappa shape index (κ2) is 8.63. The molecule has 0 N–H and O–H groups in total. The highest BCUT2D eigenvalue weighted by molar-refractivity contribution is 9.10. The van der Waals surface area contributed by atoms with E-state index in [1.807, 2.05) is 50.2 Å². The van der Waals surface area contributed by atoms with Crippen LogP contribution in [0.4, 0.5) is 0 Å². The molecule has 0 radical (unpaired) electrons. The lowest BCUT2D eigenvalue weighted by atomic mass is 10.0. The van der Waals surface area contributed by atoms with Crippen LogP contribution < -0.4 is 9.47 Å². The zero-order valence-corrected chi connectivity index (χ0v) is 19.4. The summed E-state index contributed by atoms with van der Waals surface area (Å²) < 4.78 is 23.8. The van der Waals surface area contributed by atoms with Crippen molar-refractivity contribution < 1.29 is 23.4 Å². The van der Waals surface area contributed by atoms with Gasteiger partial charge in [-0.2, -0.15) is 0 Å². The molecule has 0 spiro atoms. The average molecular weight is 483 g/mol. The van der Waals surface area contributed by atoms with Gasteiger partial charge in [-0.3, -0.25) is 0 Å². The van der Waals surface area contributed by atoms with Crippen LogP contribution in [-0.4, -0.2) is 19.2 Å². The fourth-order valence-electron chi connectivity index (χ4n) is 3.66. The number of benzene rings is 3. The highest BCUT2D eigenvalue weighted by atomic mass is 79.9. The Bertz CT molecular complexity index is 1270. The first-order chi connectivity index (χ1) is 14.9. The summed E-state index contributed by atoms with van der Waals surface area (Å²) in [6.07, 6.45) is -0.213. The third-order valence-corrected chi connectivity index (χ3v) is 5.53. The lowest BCUT2D eigenvalue weighted by molar-refractivity contribution is 0.0378. The van der Waals surface area contributed by atoms with Crippen molar-refractivity contribution in [3.05, 3.63) is 69.9 Å². The standard InChI is InChI=1S/C25H23BrO5/c1-14(2)30-25(27)24-15(3)31-23-10-7-18(12-20(23)24)29-13-21-19-8-6-17(26)11-16(19)5-9-22(21)28-4/h5-12,14H,13H2,1-4H3. The summed E-state index contributed by atoms with van der Waals surface area (Å²) in [7, 11) is 1.65. The van der Waals surface area contributed by atoms with E-state index in [1.165, 1.54) is 0 Å². The van der Waals surface area contributed by atoms with Crippen molar-refractivity contribution in [2.24, 2.45) is 0 Å². The number of fused-ring (bicyclic) bond motifs is 2. The highest BCUT2D eigenvalue weighted by Gasteiger charge is 2.21. The van der Waals surface area contributed by atoms with Gasteiger partial charge in [0.1, 0.15) is 35.0 Å². The maximum absolute atomic E-state index is 12.6. The van der Waals surface area contributed by atoms with Gasteiger partial charge in [0.25, 0.3) is 0 Å². The number of esters is 1. The molecule has 6 heteroatoms. The fourth-order valence-corrected chi connectivity index (χ4v) is 4.04. The first-order valence-electron chi connectivity index (χ1n) is 9.99. The molecular weight excluding hydrogens is 460 g/mol. The van der Waals surface area contributed by atoms with Crippen LogP contribution in [-0.2, 0) is 11.3 Å². The Morgan fingerprint density at radius 1 is 1.06 bits per heavy atom. The molecule has 5 nitrogen and oxygen atoms in total. The van der Waals surface area contributed by atoms with E-state index in [9.17, 15) is 4.79 Å². The number of methoxy groups -OCH3 is 1. The van der Waals surface area contributed by atoms with Gasteiger partial charge in [0.15, 0.2) is 0 Å². The Kier molecular flexibility index (Phi) is 5.92. The van der Waals surface area contributed by atoms with E-state index in [-0.39, 0.29) is 6.10 Å². The fraction of sp³-hybridized carbons (Fsp3) is 0.240. The molecule has 3 aromatic carbocycles. The number of halogens is 1. The van der Waals surface area contributed by atoms with E-state index in [1.54, 1.807) is 20.1 Å². The zero-order chi connectivity index (χ0) is 22.1. The minimum atomic E-state index is -0.398. The summed E-state index contributed by atoms with van der Waals surface area (Å²) in [5.74, 6) is 1.52. The number of aryl methyl sites for hydroxylation is 1. The predicted octanol–water partition coefficient (Wildman–Crippen LogP) is 6.81. The van der Waals surface area contributed by atoms with Gasteiger partial charge in [-0.05, 0) is 67.9 Å². The Balaban J connectivity index is 1.68. The molecule has 4 aromatic rings. The molecule has 1 aromatic heterocycles. The molecule has 0 aliphatic heterocycles. The van der Waals surface area contributed by atoms with Crippen LogP contribution in [0, 0.1) is 6.92 Å². The van der Waals surface area contributed by atoms with Crippen LogP contribution in [0.25, 0.3) is 21.7 Å². The molecule has 0 saturated heterocycles. The molecule has 1 heterocycles. The van der Waals surface area contributed by atoms with Crippen LogP contribution >= 0.6 is 15.9 Å². The van der Waals surface area contributed by atoms with Crippen molar-refractivity contribution >= 4 is 43.6 Å². The number of hydrogen-bond acceptors (Lipinski definition) is 5. The number of ether oxygens (including phenoxy) is 3. The number of carbonyl (C=O) groups excluding carboxylic acids is 1. The monoisotopic (exact) mass is 482 g/mol. The largest absolute Gasteiger partial charge is 0.496 e. The topological polar surface area (TPSA) is 57.9 Å². The molecule has 0 bridgehead atoms. The molecule has 160 valence electrons. The molecule has 0 amide bonds. The van der Waals surface area contributed by atoms with E-state index in [2.05, 4.69) is 22.0 Å². The minimum absolute atomic E-state index is 0.213. The molecule has 4 rings (SSSR count). The maximum Gasteiger partial charge on any atom is 0.342 e. The van der Waals surface area contributed by atoms with Crippen LogP contribution in [0.5, 0.6) is 11.5 Å². The summed E-state index contributed by atoms with van der Waals surface area (Å²) in [4.78, 5) is 12.6. The highest BCUT2D eigenvalue weighted by Crippen LogP contribution is 2.33. The Labute approximate surface area is 189 Å². The van der Waals surface area contributed by atoms with Gasteiger partial charge >= 0.3 is 5.97 Å². The van der Waals surface area contributed by atoms with Crippen molar-refractivity contribution in [3.63, 3.8) is 0 Å². The Hall–Kier alpha value is -2.99. The summed E-state index contributed by atoms with van der Waals surface area (Å²) in [5.41, 5.74) is 2.00. The molecule has 0 aliphatic carbocycles. The van der Waals surface area contributed by atoms with Crippen LogP contribution in [0.1, 0.15) is 35.5 Å². The maximum atomic E-state index is 12.6. The molecule has 31 heavy (non-hydrogen) atoms. The van der Waals surface area contributed by atoms with Crippen LogP contribution in [0.3, 0.4) is 0 Å². The van der Waals surface area contributed by atoms with Crippen molar-refractivity contribution in [3.8, 4) is 11.5 Å². The molecule has 0 atom stereocenters. The van der Waals surface area contributed by atoms with Gasteiger partial charge in [-0.15, -0.1) is 0 Å². The van der Waals surface area contributed by atoms with Gasteiger partial charge < -0.3 is 18.6 Å². The molecule has 0 unspecified atom stereocenters. The van der Waals surface area contributed by atoms with Gasteiger partial charge in [-0.1, -0.05) is 28.1 Å². The summed E-state index contributed by atoms with van der Waals surface area (Å²) >= 11 is 3.52. The Morgan fingerprint density at radius 3 is 2.61 bits per heavy atom. The summed E-state index contributed by atoms with van der Waals surface area (Å²) in [6.45, 7) is 5.72. The lowest BCUT2D eigenvalue weighted by Gasteiger charge is -2.14.